The van der Waals surface area contributed by atoms with Crippen LogP contribution in [0, 0.1) is 0 Å². The zero-order valence-electron chi connectivity index (χ0n) is 10.3. The molecule has 92 valence electrons. The van der Waals surface area contributed by atoms with Crippen molar-refractivity contribution in [1.82, 2.24) is 0 Å². The number of ketones is 1. The summed E-state index contributed by atoms with van der Waals surface area (Å²) in [7, 11) is 0. The van der Waals surface area contributed by atoms with E-state index in [4.69, 9.17) is 0 Å². The van der Waals surface area contributed by atoms with E-state index >= 15 is 0 Å². The van der Waals surface area contributed by atoms with Gasteiger partial charge in [-0.15, -0.1) is 0 Å². The third-order valence-electron chi connectivity index (χ3n) is 2.92. The van der Waals surface area contributed by atoms with Crippen LogP contribution in [0.5, 0.6) is 0 Å². The zero-order chi connectivity index (χ0) is 13.0. The predicted octanol–water partition coefficient (Wildman–Crippen LogP) is 2.86. The lowest BCUT2D eigenvalue weighted by Crippen LogP contribution is -2.37. The highest BCUT2D eigenvalue weighted by atomic mass is 16.3. The molecule has 2 aromatic rings. The van der Waals surface area contributed by atoms with Crippen molar-refractivity contribution in [3.63, 3.8) is 0 Å². The summed E-state index contributed by atoms with van der Waals surface area (Å²) in [6.07, 6.45) is 0.321. The van der Waals surface area contributed by atoms with Gasteiger partial charge in [-0.25, -0.2) is 0 Å². The lowest BCUT2D eigenvalue weighted by atomic mass is 9.88. The topological polar surface area (TPSA) is 37.3 Å². The van der Waals surface area contributed by atoms with Crippen molar-refractivity contribution in [3.05, 3.63) is 71.8 Å². The van der Waals surface area contributed by atoms with Crippen LogP contribution >= 0.6 is 0 Å². The van der Waals surface area contributed by atoms with Crippen LogP contribution in [0.1, 0.15) is 22.8 Å². The number of benzene rings is 2. The van der Waals surface area contributed by atoms with Crippen molar-refractivity contribution in [2.75, 3.05) is 0 Å². The maximum atomic E-state index is 12.2. The first-order valence-corrected chi connectivity index (χ1v) is 5.96. The van der Waals surface area contributed by atoms with Gasteiger partial charge in [0.2, 0.25) is 0 Å². The minimum atomic E-state index is -1.37. The third kappa shape index (κ3) is 2.84. The maximum Gasteiger partial charge on any atom is 0.194 e. The Bertz CT molecular complexity index is 515. The SMILES string of the molecule is CC(O)(Cc1ccccc1)C(=O)c1ccccc1. The average Bonchev–Trinajstić information content (AvgIpc) is 2.39. The van der Waals surface area contributed by atoms with E-state index in [1.54, 1.807) is 31.2 Å². The smallest absolute Gasteiger partial charge is 0.194 e. The molecule has 0 saturated carbocycles. The van der Waals surface area contributed by atoms with Crippen molar-refractivity contribution >= 4 is 5.78 Å². The first-order chi connectivity index (χ1) is 8.59. The average molecular weight is 240 g/mol. The van der Waals surface area contributed by atoms with Gasteiger partial charge in [-0.05, 0) is 12.5 Å². The van der Waals surface area contributed by atoms with Gasteiger partial charge >= 0.3 is 0 Å². The van der Waals surface area contributed by atoms with Crippen LogP contribution in [0.25, 0.3) is 0 Å². The quantitative estimate of drug-likeness (QED) is 0.834. The van der Waals surface area contributed by atoms with Gasteiger partial charge in [-0.2, -0.15) is 0 Å². The molecule has 1 atom stereocenters. The Kier molecular flexibility index (Phi) is 3.58. The lowest BCUT2D eigenvalue weighted by molar-refractivity contribution is 0.0409. The van der Waals surface area contributed by atoms with Gasteiger partial charge in [0.15, 0.2) is 5.78 Å². The minimum Gasteiger partial charge on any atom is -0.382 e. The summed E-state index contributed by atoms with van der Waals surface area (Å²) in [4.78, 5) is 12.2. The Balaban J connectivity index is 2.19. The Morgan fingerprint density at radius 2 is 1.50 bits per heavy atom. The van der Waals surface area contributed by atoms with Crippen LogP contribution in [0.15, 0.2) is 60.7 Å². The van der Waals surface area contributed by atoms with E-state index in [-0.39, 0.29) is 5.78 Å². The molecule has 1 unspecified atom stereocenters. The molecule has 0 aliphatic rings. The fraction of sp³-hybridized carbons (Fsp3) is 0.188. The van der Waals surface area contributed by atoms with Gasteiger partial charge in [-0.3, -0.25) is 4.79 Å². The van der Waals surface area contributed by atoms with Crippen LogP contribution in [-0.2, 0) is 6.42 Å². The number of hydrogen-bond donors (Lipinski definition) is 1. The zero-order valence-corrected chi connectivity index (χ0v) is 10.3. The predicted molar refractivity (Wildman–Crippen MR) is 71.5 cm³/mol. The van der Waals surface area contributed by atoms with E-state index in [1.807, 2.05) is 36.4 Å². The number of Topliss-reactive ketones (excluding diaryl/α,β-unsaturated/α-hetero) is 1. The molecule has 2 nitrogen and oxygen atoms in total. The largest absolute Gasteiger partial charge is 0.382 e. The molecule has 2 rings (SSSR count). The molecule has 1 N–H and O–H groups in total. The van der Waals surface area contributed by atoms with Crippen molar-refractivity contribution in [2.45, 2.75) is 18.9 Å². The summed E-state index contributed by atoms with van der Waals surface area (Å²) < 4.78 is 0. The molecular formula is C16H16O2. The fourth-order valence-electron chi connectivity index (χ4n) is 1.97. The second-order valence-corrected chi connectivity index (χ2v) is 4.63. The van der Waals surface area contributed by atoms with E-state index in [0.717, 1.165) is 5.56 Å². The molecule has 0 heterocycles. The summed E-state index contributed by atoms with van der Waals surface area (Å²) >= 11 is 0. The summed E-state index contributed by atoms with van der Waals surface area (Å²) in [5.74, 6) is -0.244. The minimum absolute atomic E-state index is 0.244. The van der Waals surface area contributed by atoms with Gasteiger partial charge < -0.3 is 5.11 Å². The van der Waals surface area contributed by atoms with Crippen molar-refractivity contribution in [1.29, 1.82) is 0 Å². The molecule has 18 heavy (non-hydrogen) atoms. The van der Waals surface area contributed by atoms with E-state index in [9.17, 15) is 9.90 Å². The summed E-state index contributed by atoms with van der Waals surface area (Å²) in [5.41, 5.74) is 0.119. The summed E-state index contributed by atoms with van der Waals surface area (Å²) in [6, 6.07) is 18.4. The highest BCUT2D eigenvalue weighted by molar-refractivity contribution is 6.02. The van der Waals surface area contributed by atoms with Crippen LogP contribution < -0.4 is 0 Å². The van der Waals surface area contributed by atoms with Gasteiger partial charge in [0.25, 0.3) is 0 Å². The summed E-state index contributed by atoms with van der Waals surface area (Å²) in [6.45, 7) is 1.56. The molecule has 0 fully saturated rings. The molecule has 0 aliphatic heterocycles. The van der Waals surface area contributed by atoms with Crippen LogP contribution in [0.2, 0.25) is 0 Å². The van der Waals surface area contributed by atoms with Gasteiger partial charge in [-0.1, -0.05) is 60.7 Å². The Hall–Kier alpha value is -1.93. The molecule has 0 saturated heterocycles. The van der Waals surface area contributed by atoms with Crippen LogP contribution in [0.4, 0.5) is 0 Å². The number of hydrogen-bond acceptors (Lipinski definition) is 2. The van der Waals surface area contributed by atoms with Crippen LogP contribution in [-0.4, -0.2) is 16.5 Å². The number of carbonyl (C=O) groups is 1. The monoisotopic (exact) mass is 240 g/mol. The van der Waals surface area contributed by atoms with Crippen LogP contribution in [0.3, 0.4) is 0 Å². The van der Waals surface area contributed by atoms with E-state index in [2.05, 4.69) is 0 Å². The Morgan fingerprint density at radius 3 is 2.06 bits per heavy atom. The van der Waals surface area contributed by atoms with Crippen molar-refractivity contribution in [2.24, 2.45) is 0 Å². The maximum absolute atomic E-state index is 12.2. The normalized spacial score (nSPS) is 13.9. The summed E-state index contributed by atoms with van der Waals surface area (Å²) in [5, 5.41) is 10.3. The van der Waals surface area contributed by atoms with E-state index in [1.165, 1.54) is 0 Å². The molecule has 0 spiro atoms. The molecule has 0 amide bonds. The molecule has 2 aromatic carbocycles. The molecule has 2 heteroatoms. The Labute approximate surface area is 107 Å². The molecule has 0 radical (unpaired) electrons. The van der Waals surface area contributed by atoms with Crippen molar-refractivity contribution in [3.8, 4) is 0 Å². The molecule has 0 bridgehead atoms. The molecular weight excluding hydrogens is 224 g/mol. The highest BCUT2D eigenvalue weighted by Crippen LogP contribution is 2.18. The van der Waals surface area contributed by atoms with Crippen molar-refractivity contribution < 1.29 is 9.90 Å². The third-order valence-corrected chi connectivity index (χ3v) is 2.92. The number of rotatable bonds is 4. The fourth-order valence-corrected chi connectivity index (χ4v) is 1.97. The van der Waals surface area contributed by atoms with E-state index in [0.29, 0.717) is 12.0 Å². The number of aliphatic hydroxyl groups is 1. The van der Waals surface area contributed by atoms with Gasteiger partial charge in [0.1, 0.15) is 5.60 Å². The lowest BCUT2D eigenvalue weighted by Gasteiger charge is -2.21. The molecule has 0 aliphatic carbocycles. The second kappa shape index (κ2) is 5.15. The molecule has 0 aromatic heterocycles. The first kappa shape index (κ1) is 12.5. The second-order valence-electron chi connectivity index (χ2n) is 4.63. The first-order valence-electron chi connectivity index (χ1n) is 5.96. The van der Waals surface area contributed by atoms with Gasteiger partial charge in [0.05, 0.1) is 0 Å². The van der Waals surface area contributed by atoms with E-state index < -0.39 is 5.60 Å². The Morgan fingerprint density at radius 1 is 1.00 bits per heavy atom. The van der Waals surface area contributed by atoms with Gasteiger partial charge in [0, 0.05) is 12.0 Å². The number of carbonyl (C=O) groups excluding carboxylic acids is 1. The standard InChI is InChI=1S/C16H16O2/c1-16(18,12-13-8-4-2-5-9-13)15(17)14-10-6-3-7-11-14/h2-11,18H,12H2,1H3. The highest BCUT2D eigenvalue weighted by Gasteiger charge is 2.31.